The Labute approximate surface area is 133 Å². The van der Waals surface area contributed by atoms with Crippen LogP contribution in [0.25, 0.3) is 0 Å². The fraction of sp³-hybridized carbons (Fsp3) is 0.500. The second-order valence-electron chi connectivity index (χ2n) is 6.58. The van der Waals surface area contributed by atoms with Crippen LogP contribution in [0.15, 0.2) is 23.3 Å². The van der Waals surface area contributed by atoms with Crippen LogP contribution in [0.2, 0.25) is 0 Å². The van der Waals surface area contributed by atoms with Crippen LogP contribution in [0.5, 0.6) is 5.75 Å². The molecule has 2 fully saturated rings. The molecule has 1 aromatic carbocycles. The van der Waals surface area contributed by atoms with E-state index in [4.69, 9.17) is 0 Å². The highest BCUT2D eigenvalue weighted by molar-refractivity contribution is 5.86. The monoisotopic (exact) mass is 317 g/mol. The third kappa shape index (κ3) is 2.78. The molecule has 0 aliphatic heterocycles. The molecule has 0 heterocycles. The van der Waals surface area contributed by atoms with E-state index < -0.39 is 10.7 Å². The number of carbonyl (C=O) groups is 1. The van der Waals surface area contributed by atoms with Crippen LogP contribution in [-0.2, 0) is 4.79 Å². The molecule has 0 radical (unpaired) electrons. The van der Waals surface area contributed by atoms with Crippen molar-refractivity contribution < 1.29 is 14.8 Å². The maximum Gasteiger partial charge on any atom is 0.311 e. The van der Waals surface area contributed by atoms with Gasteiger partial charge in [-0.05, 0) is 36.3 Å². The first-order chi connectivity index (χ1) is 10.9. The number of nitrogens with one attached hydrogen (secondary N) is 1. The maximum atomic E-state index is 12.2. The number of phenolic OH excluding ortho intramolecular Hbond substituents is 1. The van der Waals surface area contributed by atoms with Gasteiger partial charge in [0.05, 0.1) is 11.1 Å². The largest absolute Gasteiger partial charge is 0.502 e. The van der Waals surface area contributed by atoms with Gasteiger partial charge in [-0.2, -0.15) is 5.10 Å². The van der Waals surface area contributed by atoms with E-state index in [1.54, 1.807) is 0 Å². The standard InChI is InChI=1S/C16H19N3O4/c1-16-7-3-2-4-11(16)14(16)15(21)18-17-9-10-5-6-13(20)12(8-10)19(22)23/h5-6,8-9,11,14,20H,2-4,7H2,1H3,(H,18,21)/b17-9-/t11-,14+,16-/m0/s1. The van der Waals surface area contributed by atoms with E-state index in [0.29, 0.717) is 11.5 Å². The summed E-state index contributed by atoms with van der Waals surface area (Å²) in [6.07, 6.45) is 5.90. The topological polar surface area (TPSA) is 105 Å². The van der Waals surface area contributed by atoms with E-state index in [-0.39, 0.29) is 22.9 Å². The number of benzene rings is 1. The Morgan fingerprint density at radius 3 is 2.96 bits per heavy atom. The molecule has 1 amide bonds. The average Bonchev–Trinajstić information content (AvgIpc) is 3.14. The predicted octanol–water partition coefficient (Wildman–Crippen LogP) is 2.58. The van der Waals surface area contributed by atoms with Gasteiger partial charge < -0.3 is 5.11 Å². The van der Waals surface area contributed by atoms with Crippen molar-refractivity contribution in [1.82, 2.24) is 5.43 Å². The van der Waals surface area contributed by atoms with Crippen LogP contribution in [-0.4, -0.2) is 22.2 Å². The van der Waals surface area contributed by atoms with Crippen molar-refractivity contribution in [2.75, 3.05) is 0 Å². The van der Waals surface area contributed by atoms with Crippen molar-refractivity contribution in [3.8, 4) is 5.75 Å². The van der Waals surface area contributed by atoms with E-state index >= 15 is 0 Å². The van der Waals surface area contributed by atoms with Crippen LogP contribution in [0.4, 0.5) is 5.69 Å². The van der Waals surface area contributed by atoms with Gasteiger partial charge in [0.1, 0.15) is 0 Å². The lowest BCUT2D eigenvalue weighted by molar-refractivity contribution is -0.385. The molecule has 23 heavy (non-hydrogen) atoms. The van der Waals surface area contributed by atoms with Crippen molar-refractivity contribution in [3.05, 3.63) is 33.9 Å². The molecule has 3 rings (SSSR count). The second kappa shape index (κ2) is 5.64. The van der Waals surface area contributed by atoms with Crippen molar-refractivity contribution in [3.63, 3.8) is 0 Å². The zero-order valence-corrected chi connectivity index (χ0v) is 12.9. The molecule has 2 aliphatic carbocycles. The van der Waals surface area contributed by atoms with Crippen LogP contribution in [0.1, 0.15) is 38.2 Å². The summed E-state index contributed by atoms with van der Waals surface area (Å²) in [5.41, 5.74) is 2.71. The Morgan fingerprint density at radius 2 is 2.30 bits per heavy atom. The molecular weight excluding hydrogens is 298 g/mol. The van der Waals surface area contributed by atoms with E-state index in [9.17, 15) is 20.0 Å². The summed E-state index contributed by atoms with van der Waals surface area (Å²) in [7, 11) is 0. The third-order valence-corrected chi connectivity index (χ3v) is 5.20. The quantitative estimate of drug-likeness (QED) is 0.506. The highest BCUT2D eigenvalue weighted by Crippen LogP contribution is 2.66. The first-order valence-corrected chi connectivity index (χ1v) is 7.74. The number of nitro groups is 1. The Hall–Kier alpha value is -2.44. The van der Waals surface area contributed by atoms with Gasteiger partial charge in [0.2, 0.25) is 5.91 Å². The molecule has 7 nitrogen and oxygen atoms in total. The molecule has 2 N–H and O–H groups in total. The van der Waals surface area contributed by atoms with Crippen LogP contribution >= 0.6 is 0 Å². The number of hydrogen-bond donors (Lipinski definition) is 2. The lowest BCUT2D eigenvalue weighted by Crippen LogP contribution is -2.22. The molecular formula is C16H19N3O4. The number of fused-ring (bicyclic) bond motifs is 1. The molecule has 2 saturated carbocycles. The van der Waals surface area contributed by atoms with Crippen LogP contribution < -0.4 is 5.43 Å². The molecule has 0 bridgehead atoms. The van der Waals surface area contributed by atoms with E-state index in [1.807, 2.05) is 0 Å². The number of rotatable bonds is 4. The van der Waals surface area contributed by atoms with E-state index in [1.165, 1.54) is 37.3 Å². The van der Waals surface area contributed by atoms with Crippen LogP contribution in [0, 0.1) is 27.4 Å². The minimum absolute atomic E-state index is 0.0244. The highest BCUT2D eigenvalue weighted by atomic mass is 16.6. The first kappa shape index (κ1) is 15.5. The lowest BCUT2D eigenvalue weighted by atomic mass is 9.90. The number of hydrogen-bond acceptors (Lipinski definition) is 5. The number of amides is 1. The Balaban J connectivity index is 1.62. The van der Waals surface area contributed by atoms with E-state index in [2.05, 4.69) is 17.5 Å². The van der Waals surface area contributed by atoms with Crippen molar-refractivity contribution >= 4 is 17.8 Å². The number of aromatic hydroxyl groups is 1. The molecule has 7 heteroatoms. The number of nitrogens with zero attached hydrogens (tertiary/aromatic N) is 2. The molecule has 0 unspecified atom stereocenters. The summed E-state index contributed by atoms with van der Waals surface area (Å²) in [5.74, 6) is 0.00704. The van der Waals surface area contributed by atoms with Gasteiger partial charge in [-0.25, -0.2) is 5.43 Å². The summed E-state index contributed by atoms with van der Waals surface area (Å²) < 4.78 is 0. The minimum atomic E-state index is -0.666. The molecule has 0 aromatic heterocycles. The molecule has 122 valence electrons. The third-order valence-electron chi connectivity index (χ3n) is 5.20. The minimum Gasteiger partial charge on any atom is -0.502 e. The SMILES string of the molecule is C[C@]12CCCC[C@H]1[C@@H]2C(=O)N/N=C\c1ccc(O)c([N+](=O)[O-])c1. The summed E-state index contributed by atoms with van der Waals surface area (Å²) in [4.78, 5) is 22.3. The summed E-state index contributed by atoms with van der Waals surface area (Å²) in [5, 5.41) is 24.0. The van der Waals surface area contributed by atoms with Gasteiger partial charge in [-0.1, -0.05) is 19.8 Å². The fourth-order valence-electron chi connectivity index (χ4n) is 3.86. The molecule has 2 aliphatic rings. The molecule has 0 saturated heterocycles. The van der Waals surface area contributed by atoms with Gasteiger partial charge in [-0.3, -0.25) is 14.9 Å². The van der Waals surface area contributed by atoms with Gasteiger partial charge >= 0.3 is 5.69 Å². The fourth-order valence-corrected chi connectivity index (χ4v) is 3.86. The zero-order chi connectivity index (χ0) is 16.6. The smallest absolute Gasteiger partial charge is 0.311 e. The van der Waals surface area contributed by atoms with Crippen LogP contribution in [0.3, 0.4) is 0 Å². The summed E-state index contributed by atoms with van der Waals surface area (Å²) >= 11 is 0. The van der Waals surface area contributed by atoms with Gasteiger partial charge in [0.25, 0.3) is 0 Å². The van der Waals surface area contributed by atoms with Crippen molar-refractivity contribution in [2.24, 2.45) is 22.4 Å². The van der Waals surface area contributed by atoms with Gasteiger partial charge in [-0.15, -0.1) is 0 Å². The van der Waals surface area contributed by atoms with Crippen molar-refractivity contribution in [1.29, 1.82) is 0 Å². The maximum absolute atomic E-state index is 12.2. The normalized spacial score (nSPS) is 29.1. The predicted molar refractivity (Wildman–Crippen MR) is 84.1 cm³/mol. The number of hydrazone groups is 1. The summed E-state index contributed by atoms with van der Waals surface area (Å²) in [6, 6.07) is 3.94. The van der Waals surface area contributed by atoms with Gasteiger partial charge in [0.15, 0.2) is 5.75 Å². The molecule has 0 spiro atoms. The van der Waals surface area contributed by atoms with Crippen molar-refractivity contribution in [2.45, 2.75) is 32.6 Å². The second-order valence-corrected chi connectivity index (χ2v) is 6.58. The first-order valence-electron chi connectivity index (χ1n) is 7.74. The average molecular weight is 317 g/mol. The van der Waals surface area contributed by atoms with Gasteiger partial charge in [0, 0.05) is 17.5 Å². The lowest BCUT2D eigenvalue weighted by Gasteiger charge is -2.15. The Morgan fingerprint density at radius 1 is 1.52 bits per heavy atom. The Bertz CT molecular complexity index is 688. The summed E-state index contributed by atoms with van der Waals surface area (Å²) in [6.45, 7) is 2.16. The Kier molecular flexibility index (Phi) is 3.79. The number of phenols is 1. The number of carbonyl (C=O) groups excluding carboxylic acids is 1. The molecule has 1 aromatic rings. The number of nitro benzene ring substituents is 1. The highest BCUT2D eigenvalue weighted by Gasteiger charge is 2.64. The van der Waals surface area contributed by atoms with E-state index in [0.717, 1.165) is 12.8 Å². The zero-order valence-electron chi connectivity index (χ0n) is 12.9. The molecule has 3 atom stereocenters.